The highest BCUT2D eigenvalue weighted by Crippen LogP contribution is 2.32. The molecule has 0 bridgehead atoms. The van der Waals surface area contributed by atoms with Gasteiger partial charge in [-0.3, -0.25) is 19.6 Å². The number of aromatic nitrogens is 2. The fraction of sp³-hybridized carbons (Fsp3) is 0.286. The molecule has 0 aliphatic carbocycles. The Morgan fingerprint density at radius 2 is 2.05 bits per heavy atom. The van der Waals surface area contributed by atoms with Gasteiger partial charge in [-0.05, 0) is 26.8 Å². The van der Waals surface area contributed by atoms with Crippen LogP contribution in [0, 0.1) is 24.0 Å². The molecular weight excluding hydrogens is 274 g/mol. The maximum Gasteiger partial charge on any atom is 0.270 e. The molecule has 7 nitrogen and oxygen atoms in total. The number of carbonyl (C=O) groups excluding carboxylic acids is 1. The summed E-state index contributed by atoms with van der Waals surface area (Å²) < 4.78 is 7.43. The van der Waals surface area contributed by atoms with E-state index in [4.69, 9.17) is 4.74 Å². The zero-order chi connectivity index (χ0) is 15.7. The van der Waals surface area contributed by atoms with E-state index in [1.165, 1.54) is 25.1 Å². The molecule has 0 N–H and O–H groups in total. The molecule has 0 radical (unpaired) electrons. The lowest BCUT2D eigenvalue weighted by atomic mass is 10.1. The van der Waals surface area contributed by atoms with Gasteiger partial charge in [-0.2, -0.15) is 5.10 Å². The number of hydrogen-bond donors (Lipinski definition) is 0. The molecule has 0 atom stereocenters. The van der Waals surface area contributed by atoms with E-state index in [1.54, 1.807) is 18.7 Å². The third kappa shape index (κ3) is 2.76. The van der Waals surface area contributed by atoms with Crippen molar-refractivity contribution >= 4 is 11.5 Å². The van der Waals surface area contributed by atoms with Crippen molar-refractivity contribution in [2.45, 2.75) is 20.8 Å². The molecule has 0 fully saturated rings. The number of ketones is 1. The molecule has 0 saturated carbocycles. The number of benzene rings is 1. The first-order valence-corrected chi connectivity index (χ1v) is 6.28. The van der Waals surface area contributed by atoms with Gasteiger partial charge >= 0.3 is 0 Å². The Balaban J connectivity index is 2.49. The average Bonchev–Trinajstić information content (AvgIpc) is 2.65. The van der Waals surface area contributed by atoms with Gasteiger partial charge < -0.3 is 4.74 Å². The first-order chi connectivity index (χ1) is 9.81. The number of Topliss-reactive ketones (excluding diaryl/α,β-unsaturated/α-hetero) is 1. The van der Waals surface area contributed by atoms with Crippen LogP contribution in [0.25, 0.3) is 0 Å². The quantitative estimate of drug-likeness (QED) is 0.490. The number of aryl methyl sites for hydroxylation is 2. The van der Waals surface area contributed by atoms with Gasteiger partial charge in [0.1, 0.15) is 11.4 Å². The van der Waals surface area contributed by atoms with E-state index in [0.29, 0.717) is 11.4 Å². The van der Waals surface area contributed by atoms with Crippen LogP contribution >= 0.6 is 0 Å². The fourth-order valence-electron chi connectivity index (χ4n) is 2.01. The Morgan fingerprint density at radius 3 is 2.52 bits per heavy atom. The molecule has 1 heterocycles. The van der Waals surface area contributed by atoms with E-state index in [-0.39, 0.29) is 22.8 Å². The van der Waals surface area contributed by atoms with Crippen LogP contribution in [0.4, 0.5) is 5.69 Å². The second-order valence-corrected chi connectivity index (χ2v) is 4.72. The monoisotopic (exact) mass is 289 g/mol. The zero-order valence-electron chi connectivity index (χ0n) is 12.2. The maximum atomic E-state index is 11.7. The second kappa shape index (κ2) is 5.35. The summed E-state index contributed by atoms with van der Waals surface area (Å²) in [7, 11) is 1.79. The molecule has 1 aromatic heterocycles. The van der Waals surface area contributed by atoms with Gasteiger partial charge in [0.25, 0.3) is 5.69 Å². The van der Waals surface area contributed by atoms with E-state index in [1.807, 2.05) is 6.92 Å². The van der Waals surface area contributed by atoms with Crippen molar-refractivity contribution in [2.75, 3.05) is 0 Å². The molecule has 7 heteroatoms. The molecule has 0 unspecified atom stereocenters. The van der Waals surface area contributed by atoms with Crippen LogP contribution in [0.15, 0.2) is 18.2 Å². The van der Waals surface area contributed by atoms with Gasteiger partial charge in [-0.25, -0.2) is 0 Å². The molecule has 0 spiro atoms. The minimum Gasteiger partial charge on any atom is -0.453 e. The molecule has 0 saturated heterocycles. The highest BCUT2D eigenvalue weighted by Gasteiger charge is 2.18. The summed E-state index contributed by atoms with van der Waals surface area (Å²) in [6.07, 6.45) is 0. The van der Waals surface area contributed by atoms with Crippen molar-refractivity contribution in [2.24, 2.45) is 7.05 Å². The van der Waals surface area contributed by atoms with E-state index < -0.39 is 4.92 Å². The van der Waals surface area contributed by atoms with Crippen molar-refractivity contribution in [3.05, 3.63) is 45.3 Å². The third-order valence-corrected chi connectivity index (χ3v) is 3.21. The van der Waals surface area contributed by atoms with E-state index in [2.05, 4.69) is 5.10 Å². The Hall–Kier alpha value is -2.70. The Labute approximate surface area is 121 Å². The summed E-state index contributed by atoms with van der Waals surface area (Å²) >= 11 is 0. The van der Waals surface area contributed by atoms with Crippen molar-refractivity contribution in [1.82, 2.24) is 9.78 Å². The molecule has 2 rings (SSSR count). The topological polar surface area (TPSA) is 87.3 Å². The molecule has 0 amide bonds. The van der Waals surface area contributed by atoms with Crippen LogP contribution in [0.1, 0.15) is 28.7 Å². The summed E-state index contributed by atoms with van der Waals surface area (Å²) in [6.45, 7) is 4.98. The molecule has 1 aromatic carbocycles. The Morgan fingerprint density at radius 1 is 1.38 bits per heavy atom. The van der Waals surface area contributed by atoms with Crippen molar-refractivity contribution in [3.8, 4) is 11.5 Å². The van der Waals surface area contributed by atoms with Crippen molar-refractivity contribution in [1.29, 1.82) is 0 Å². The second-order valence-electron chi connectivity index (χ2n) is 4.72. The smallest absolute Gasteiger partial charge is 0.270 e. The summed E-state index contributed by atoms with van der Waals surface area (Å²) in [6, 6.07) is 3.96. The minimum atomic E-state index is -0.545. The van der Waals surface area contributed by atoms with Gasteiger partial charge in [0.05, 0.1) is 16.2 Å². The first-order valence-electron chi connectivity index (χ1n) is 6.28. The van der Waals surface area contributed by atoms with Crippen LogP contribution in [0.3, 0.4) is 0 Å². The van der Waals surface area contributed by atoms with Gasteiger partial charge in [0.2, 0.25) is 0 Å². The minimum absolute atomic E-state index is 0.146. The normalized spacial score (nSPS) is 10.5. The largest absolute Gasteiger partial charge is 0.453 e. The highest BCUT2D eigenvalue weighted by molar-refractivity contribution is 5.97. The number of carbonyl (C=O) groups is 1. The number of nitrogens with zero attached hydrogens (tertiary/aromatic N) is 3. The van der Waals surface area contributed by atoms with Gasteiger partial charge in [-0.1, -0.05) is 0 Å². The number of rotatable bonds is 4. The standard InChI is InChI=1S/C14H15N3O4/c1-8-14(9(2)16(4)15-8)21-13-6-5-11(17(19)20)7-12(13)10(3)18/h5-7H,1-4H3. The average molecular weight is 289 g/mol. The number of non-ortho nitro benzene ring substituents is 1. The number of hydrogen-bond acceptors (Lipinski definition) is 5. The number of nitro groups is 1. The highest BCUT2D eigenvalue weighted by atomic mass is 16.6. The van der Waals surface area contributed by atoms with Crippen LogP contribution in [0.2, 0.25) is 0 Å². The maximum absolute atomic E-state index is 11.7. The third-order valence-electron chi connectivity index (χ3n) is 3.21. The molecule has 0 aliphatic heterocycles. The summed E-state index contributed by atoms with van der Waals surface area (Å²) in [5.41, 5.74) is 1.52. The lowest BCUT2D eigenvalue weighted by molar-refractivity contribution is -0.384. The van der Waals surface area contributed by atoms with Crippen molar-refractivity contribution < 1.29 is 14.5 Å². The Kier molecular flexibility index (Phi) is 3.75. The molecule has 2 aromatic rings. The fourth-order valence-corrected chi connectivity index (χ4v) is 2.01. The van der Waals surface area contributed by atoms with Crippen LogP contribution < -0.4 is 4.74 Å². The number of ether oxygens (including phenoxy) is 1. The van der Waals surface area contributed by atoms with Gasteiger partial charge in [-0.15, -0.1) is 0 Å². The molecule has 21 heavy (non-hydrogen) atoms. The zero-order valence-corrected chi connectivity index (χ0v) is 12.2. The van der Waals surface area contributed by atoms with Crippen LogP contribution in [-0.2, 0) is 7.05 Å². The summed E-state index contributed by atoms with van der Waals surface area (Å²) in [5.74, 6) is 0.536. The first kappa shape index (κ1) is 14.7. The van der Waals surface area contributed by atoms with Crippen molar-refractivity contribution in [3.63, 3.8) is 0 Å². The van der Waals surface area contributed by atoms with Crippen LogP contribution in [-0.4, -0.2) is 20.5 Å². The van der Waals surface area contributed by atoms with E-state index >= 15 is 0 Å². The number of nitro benzene ring substituents is 1. The van der Waals surface area contributed by atoms with E-state index in [9.17, 15) is 14.9 Å². The summed E-state index contributed by atoms with van der Waals surface area (Å²) in [5, 5.41) is 15.0. The van der Waals surface area contributed by atoms with Crippen LogP contribution in [0.5, 0.6) is 11.5 Å². The summed E-state index contributed by atoms with van der Waals surface area (Å²) in [4.78, 5) is 21.9. The lowest BCUT2D eigenvalue weighted by Gasteiger charge is -2.09. The SMILES string of the molecule is CC(=O)c1cc([N+](=O)[O-])ccc1Oc1c(C)nn(C)c1C. The molecule has 0 aliphatic rings. The van der Waals surface area contributed by atoms with Gasteiger partial charge in [0, 0.05) is 19.2 Å². The lowest BCUT2D eigenvalue weighted by Crippen LogP contribution is -2.00. The molecule has 110 valence electrons. The predicted molar refractivity (Wildman–Crippen MR) is 75.9 cm³/mol. The van der Waals surface area contributed by atoms with Gasteiger partial charge in [0.15, 0.2) is 11.5 Å². The Bertz CT molecular complexity index is 734. The predicted octanol–water partition coefficient (Wildman–Crippen LogP) is 2.94. The molecular formula is C14H15N3O4. The van der Waals surface area contributed by atoms with E-state index in [0.717, 1.165) is 5.69 Å².